The molecule has 1 heterocycles. The summed E-state index contributed by atoms with van der Waals surface area (Å²) in [5.41, 5.74) is 0.955. The number of aliphatic imine (C=N–C) groups is 1. The molecule has 142 valence electrons. The minimum absolute atomic E-state index is 0.0154. The molecule has 8 nitrogen and oxygen atoms in total. The highest BCUT2D eigenvalue weighted by Crippen LogP contribution is 2.17. The Bertz CT molecular complexity index is 649. The van der Waals surface area contributed by atoms with Crippen LogP contribution in [0.15, 0.2) is 29.3 Å². The Labute approximate surface area is 154 Å². The summed E-state index contributed by atoms with van der Waals surface area (Å²) in [5, 5.41) is 13.9. The molecule has 0 bridgehead atoms. The largest absolute Gasteiger partial charge is 0.347 e. The van der Waals surface area contributed by atoms with E-state index in [0.717, 1.165) is 31.5 Å². The average molecular weight is 361 g/mol. The van der Waals surface area contributed by atoms with Crippen LogP contribution in [0.5, 0.6) is 0 Å². The van der Waals surface area contributed by atoms with Gasteiger partial charge in [0.25, 0.3) is 5.69 Å². The van der Waals surface area contributed by atoms with E-state index in [1.54, 1.807) is 31.1 Å². The van der Waals surface area contributed by atoms with E-state index in [9.17, 15) is 14.9 Å². The first-order valence-electron chi connectivity index (χ1n) is 8.83. The molecule has 1 aromatic rings. The highest BCUT2D eigenvalue weighted by molar-refractivity contribution is 5.86. The zero-order valence-electron chi connectivity index (χ0n) is 15.6. The van der Waals surface area contributed by atoms with Gasteiger partial charge >= 0.3 is 0 Å². The van der Waals surface area contributed by atoms with E-state index in [1.165, 1.54) is 12.1 Å². The third-order valence-electron chi connectivity index (χ3n) is 4.54. The Morgan fingerprint density at radius 1 is 1.31 bits per heavy atom. The second kappa shape index (κ2) is 9.17. The number of nitrogens with one attached hydrogen (secondary N) is 1. The molecule has 1 aliphatic rings. The molecule has 1 aromatic carbocycles. The number of nitrogens with zero attached hydrogens (tertiary/aromatic N) is 4. The molecule has 0 aliphatic carbocycles. The fourth-order valence-electron chi connectivity index (χ4n) is 2.69. The van der Waals surface area contributed by atoms with Crippen LogP contribution in [-0.2, 0) is 11.3 Å². The number of hydrogen-bond acceptors (Lipinski definition) is 4. The number of nitro benzene ring substituents is 1. The SMILES string of the molecule is CC1CCN(C(=NCc2ccc([N+](=O)[O-])cc2)NCC(=O)N(C)C)CC1. The first-order chi connectivity index (χ1) is 12.4. The number of non-ortho nitro benzene ring substituents is 1. The van der Waals surface area contributed by atoms with Gasteiger partial charge in [0.1, 0.15) is 0 Å². The maximum absolute atomic E-state index is 11.9. The second-order valence-corrected chi connectivity index (χ2v) is 6.87. The molecule has 0 radical (unpaired) electrons. The quantitative estimate of drug-likeness (QED) is 0.374. The first-order valence-corrected chi connectivity index (χ1v) is 8.83. The van der Waals surface area contributed by atoms with Gasteiger partial charge in [-0.05, 0) is 24.3 Å². The molecule has 2 rings (SSSR count). The zero-order chi connectivity index (χ0) is 19.1. The molecule has 1 aliphatic heterocycles. The highest BCUT2D eigenvalue weighted by Gasteiger charge is 2.19. The van der Waals surface area contributed by atoms with Crippen LogP contribution < -0.4 is 5.32 Å². The van der Waals surface area contributed by atoms with Gasteiger partial charge in [-0.25, -0.2) is 4.99 Å². The van der Waals surface area contributed by atoms with Crippen molar-refractivity contribution in [2.45, 2.75) is 26.3 Å². The summed E-state index contributed by atoms with van der Waals surface area (Å²) in [4.78, 5) is 30.6. The third kappa shape index (κ3) is 5.72. The third-order valence-corrected chi connectivity index (χ3v) is 4.54. The van der Waals surface area contributed by atoms with Gasteiger partial charge in [0, 0.05) is 39.3 Å². The molecule has 0 atom stereocenters. The van der Waals surface area contributed by atoms with Crippen LogP contribution in [0.1, 0.15) is 25.3 Å². The van der Waals surface area contributed by atoms with Crippen molar-refractivity contribution in [1.29, 1.82) is 0 Å². The van der Waals surface area contributed by atoms with Gasteiger partial charge in [-0.3, -0.25) is 14.9 Å². The van der Waals surface area contributed by atoms with Crippen molar-refractivity contribution in [3.8, 4) is 0 Å². The van der Waals surface area contributed by atoms with E-state index in [2.05, 4.69) is 22.1 Å². The fourth-order valence-corrected chi connectivity index (χ4v) is 2.69. The van der Waals surface area contributed by atoms with E-state index in [-0.39, 0.29) is 18.1 Å². The molecular formula is C18H27N5O3. The van der Waals surface area contributed by atoms with Crippen LogP contribution in [0.4, 0.5) is 5.69 Å². The number of carbonyl (C=O) groups excluding carboxylic acids is 1. The molecule has 0 unspecified atom stereocenters. The first kappa shape index (κ1) is 19.7. The Morgan fingerprint density at radius 2 is 1.92 bits per heavy atom. The van der Waals surface area contributed by atoms with E-state index in [1.807, 2.05) is 0 Å². The lowest BCUT2D eigenvalue weighted by Crippen LogP contribution is -2.48. The van der Waals surface area contributed by atoms with Crippen molar-refractivity contribution in [3.05, 3.63) is 39.9 Å². The summed E-state index contributed by atoms with van der Waals surface area (Å²) in [6, 6.07) is 6.39. The smallest absolute Gasteiger partial charge is 0.269 e. The van der Waals surface area contributed by atoms with Gasteiger partial charge < -0.3 is 15.1 Å². The summed E-state index contributed by atoms with van der Waals surface area (Å²) in [6.07, 6.45) is 2.19. The normalized spacial score (nSPS) is 15.7. The lowest BCUT2D eigenvalue weighted by atomic mass is 9.99. The van der Waals surface area contributed by atoms with E-state index < -0.39 is 4.92 Å². The van der Waals surface area contributed by atoms with Gasteiger partial charge in [0.2, 0.25) is 5.91 Å². The maximum Gasteiger partial charge on any atom is 0.269 e. The summed E-state index contributed by atoms with van der Waals surface area (Å²) in [6.45, 7) is 4.65. The highest BCUT2D eigenvalue weighted by atomic mass is 16.6. The molecule has 0 aromatic heterocycles. The molecule has 1 N–H and O–H groups in total. The number of likely N-dealkylation sites (tertiary alicyclic amines) is 1. The van der Waals surface area contributed by atoms with Gasteiger partial charge in [-0.1, -0.05) is 19.1 Å². The monoisotopic (exact) mass is 361 g/mol. The standard InChI is InChI=1S/C18H27N5O3/c1-14-8-10-22(11-9-14)18(20-13-17(24)21(2)3)19-12-15-4-6-16(7-5-15)23(25)26/h4-7,14H,8-13H2,1-3H3,(H,19,20). The number of nitro groups is 1. The van der Waals surface area contributed by atoms with E-state index in [4.69, 9.17) is 0 Å². The molecule has 0 spiro atoms. The molecule has 1 amide bonds. The molecule has 1 fully saturated rings. The number of rotatable bonds is 5. The van der Waals surface area contributed by atoms with Gasteiger partial charge in [-0.15, -0.1) is 0 Å². The molecule has 8 heteroatoms. The second-order valence-electron chi connectivity index (χ2n) is 6.87. The number of likely N-dealkylation sites (N-methyl/N-ethyl adjacent to an activating group) is 1. The predicted molar refractivity (Wildman–Crippen MR) is 101 cm³/mol. The number of piperidine rings is 1. The number of amides is 1. The average Bonchev–Trinajstić information content (AvgIpc) is 2.62. The molecular weight excluding hydrogens is 334 g/mol. The summed E-state index contributed by atoms with van der Waals surface area (Å²) < 4.78 is 0. The van der Waals surface area contributed by atoms with E-state index >= 15 is 0 Å². The number of guanidine groups is 1. The number of carbonyl (C=O) groups is 1. The number of hydrogen-bond donors (Lipinski definition) is 1. The van der Waals surface area contributed by atoms with Crippen molar-refractivity contribution >= 4 is 17.6 Å². The topological polar surface area (TPSA) is 91.1 Å². The zero-order valence-corrected chi connectivity index (χ0v) is 15.6. The Balaban J connectivity index is 2.06. The van der Waals surface area contributed by atoms with E-state index in [0.29, 0.717) is 18.4 Å². The maximum atomic E-state index is 11.9. The fraction of sp³-hybridized carbons (Fsp3) is 0.556. The van der Waals surface area contributed by atoms with Crippen LogP contribution in [0, 0.1) is 16.0 Å². The summed E-state index contributed by atoms with van der Waals surface area (Å²) in [5.74, 6) is 1.40. The van der Waals surface area contributed by atoms with Crippen molar-refractivity contribution in [2.24, 2.45) is 10.9 Å². The minimum Gasteiger partial charge on any atom is -0.347 e. The van der Waals surface area contributed by atoms with Crippen molar-refractivity contribution in [3.63, 3.8) is 0 Å². The van der Waals surface area contributed by atoms with Crippen LogP contribution in [-0.4, -0.2) is 60.3 Å². The van der Waals surface area contributed by atoms with Crippen molar-refractivity contribution < 1.29 is 9.72 Å². The number of benzene rings is 1. The Kier molecular flexibility index (Phi) is 6.94. The van der Waals surface area contributed by atoms with Crippen molar-refractivity contribution in [1.82, 2.24) is 15.1 Å². The summed E-state index contributed by atoms with van der Waals surface area (Å²) >= 11 is 0. The van der Waals surface area contributed by atoms with Crippen LogP contribution >= 0.6 is 0 Å². The van der Waals surface area contributed by atoms with Crippen molar-refractivity contribution in [2.75, 3.05) is 33.7 Å². The minimum atomic E-state index is -0.415. The van der Waals surface area contributed by atoms with Crippen LogP contribution in [0.3, 0.4) is 0 Å². The lowest BCUT2D eigenvalue weighted by Gasteiger charge is -2.33. The Morgan fingerprint density at radius 3 is 2.46 bits per heavy atom. The van der Waals surface area contributed by atoms with Crippen LogP contribution in [0.25, 0.3) is 0 Å². The van der Waals surface area contributed by atoms with Gasteiger partial charge in [-0.2, -0.15) is 0 Å². The Hall–Kier alpha value is -2.64. The van der Waals surface area contributed by atoms with Crippen LogP contribution in [0.2, 0.25) is 0 Å². The molecule has 26 heavy (non-hydrogen) atoms. The van der Waals surface area contributed by atoms with Gasteiger partial charge in [0.15, 0.2) is 5.96 Å². The lowest BCUT2D eigenvalue weighted by molar-refractivity contribution is -0.384. The predicted octanol–water partition coefficient (Wildman–Crippen LogP) is 1.86. The molecule has 0 saturated carbocycles. The summed E-state index contributed by atoms with van der Waals surface area (Å²) in [7, 11) is 3.44. The van der Waals surface area contributed by atoms with Gasteiger partial charge in [0.05, 0.1) is 18.0 Å². The molecule has 1 saturated heterocycles.